The van der Waals surface area contributed by atoms with Crippen molar-refractivity contribution in [1.82, 2.24) is 15.0 Å². The fraction of sp³-hybridized carbons (Fsp3) is 0.244. The summed E-state index contributed by atoms with van der Waals surface area (Å²) in [5.41, 5.74) is 11.3. The van der Waals surface area contributed by atoms with Gasteiger partial charge in [0.1, 0.15) is 5.58 Å². The Balaban J connectivity index is 0.000000162. The first-order valence-corrected chi connectivity index (χ1v) is 17.9. The van der Waals surface area contributed by atoms with E-state index in [-0.39, 0.29) is 21.5 Å². The van der Waals surface area contributed by atoms with Crippen LogP contribution in [-0.4, -0.2) is 15.0 Å². The summed E-state index contributed by atoms with van der Waals surface area (Å²) in [6, 6.07) is 39.4. The Bertz CT molecular complexity index is 2430. The molecule has 50 heavy (non-hydrogen) atoms. The molecule has 4 nitrogen and oxygen atoms in total. The molecule has 3 aromatic heterocycles. The van der Waals surface area contributed by atoms with Crippen molar-refractivity contribution in [1.29, 1.82) is 0 Å². The van der Waals surface area contributed by atoms with Crippen molar-refractivity contribution in [3.05, 3.63) is 132 Å². The Morgan fingerprint density at radius 3 is 1.68 bits per heavy atom. The van der Waals surface area contributed by atoms with Crippen molar-refractivity contribution in [2.75, 3.05) is 0 Å². The predicted molar refractivity (Wildman–Crippen MR) is 212 cm³/mol. The zero-order chi connectivity index (χ0) is 35.4. The maximum Gasteiger partial charge on any atom is 0.223 e. The van der Waals surface area contributed by atoms with E-state index in [0.717, 1.165) is 39.2 Å². The number of para-hydroxylation sites is 1. The molecule has 1 aliphatic carbocycles. The molecule has 0 fully saturated rings. The van der Waals surface area contributed by atoms with Gasteiger partial charge in [0, 0.05) is 38.2 Å². The number of hydrogen-bond donors (Lipinski definition) is 1. The minimum Gasteiger partial charge on any atom is -0.454 e. The minimum absolute atomic E-state index is 0.103. The number of halogens is 1. The SMILES string of the molecule is CC.CC1(C)c2cc3[nH]c4c(ccc5c6ccccc6oc54)c3cc2C(C)(C)C1(C)C.Clc1nc(-c2ccccc2)cc(-c2ccccc2)n1. The Morgan fingerprint density at radius 2 is 1.08 bits per heavy atom. The van der Waals surface area contributed by atoms with Crippen LogP contribution in [0.4, 0.5) is 0 Å². The van der Waals surface area contributed by atoms with Gasteiger partial charge in [-0.05, 0) is 69.3 Å². The first kappa shape index (κ1) is 33.6. The summed E-state index contributed by atoms with van der Waals surface area (Å²) in [6.45, 7) is 18.4. The van der Waals surface area contributed by atoms with Gasteiger partial charge in [-0.3, -0.25) is 0 Å². The first-order chi connectivity index (χ1) is 24.0. The van der Waals surface area contributed by atoms with E-state index >= 15 is 0 Å². The van der Waals surface area contributed by atoms with Crippen LogP contribution < -0.4 is 0 Å². The van der Waals surface area contributed by atoms with Crippen molar-refractivity contribution < 1.29 is 4.42 Å². The van der Waals surface area contributed by atoms with Crippen molar-refractivity contribution in [3.63, 3.8) is 0 Å². The molecule has 0 unspecified atom stereocenters. The van der Waals surface area contributed by atoms with Gasteiger partial charge in [0.05, 0.1) is 16.9 Å². The summed E-state index contributed by atoms with van der Waals surface area (Å²) in [7, 11) is 0. The number of H-pyrrole nitrogens is 1. The Hall–Kier alpha value is -4.93. The van der Waals surface area contributed by atoms with E-state index in [1.807, 2.05) is 92.7 Å². The molecule has 0 radical (unpaired) electrons. The van der Waals surface area contributed by atoms with E-state index < -0.39 is 0 Å². The Morgan fingerprint density at radius 1 is 0.560 bits per heavy atom. The second kappa shape index (κ2) is 12.4. The van der Waals surface area contributed by atoms with E-state index in [0.29, 0.717) is 0 Å². The third-order valence-electron chi connectivity index (χ3n) is 11.6. The molecule has 1 aliphatic rings. The fourth-order valence-electron chi connectivity index (χ4n) is 7.62. The highest BCUT2D eigenvalue weighted by Crippen LogP contribution is 2.62. The molecule has 5 aromatic carbocycles. The summed E-state index contributed by atoms with van der Waals surface area (Å²) in [4.78, 5) is 12.3. The van der Waals surface area contributed by atoms with E-state index in [9.17, 15) is 0 Å². The molecule has 0 aliphatic heterocycles. The number of aromatic nitrogens is 3. The zero-order valence-corrected chi connectivity index (χ0v) is 30.9. The van der Waals surface area contributed by atoms with Crippen LogP contribution in [0.25, 0.3) is 66.3 Å². The van der Waals surface area contributed by atoms with Gasteiger partial charge >= 0.3 is 0 Å². The van der Waals surface area contributed by atoms with Crippen LogP contribution in [0, 0.1) is 5.41 Å². The van der Waals surface area contributed by atoms with Crippen molar-refractivity contribution >= 4 is 55.3 Å². The zero-order valence-electron chi connectivity index (χ0n) is 30.2. The summed E-state index contributed by atoms with van der Waals surface area (Å²) in [5, 5.41) is 5.15. The highest BCUT2D eigenvalue weighted by Gasteiger charge is 2.56. The lowest BCUT2D eigenvalue weighted by molar-refractivity contribution is 0.125. The Kier molecular flexibility index (Phi) is 8.35. The maximum absolute atomic E-state index is 6.28. The van der Waals surface area contributed by atoms with Gasteiger partial charge < -0.3 is 9.40 Å². The largest absolute Gasteiger partial charge is 0.454 e. The van der Waals surface area contributed by atoms with Crippen LogP contribution in [0.1, 0.15) is 66.5 Å². The lowest BCUT2D eigenvalue weighted by atomic mass is 9.59. The summed E-state index contributed by atoms with van der Waals surface area (Å²) in [6.07, 6.45) is 0. The van der Waals surface area contributed by atoms with Gasteiger partial charge in [0.15, 0.2) is 5.58 Å². The monoisotopic (exact) mass is 677 g/mol. The minimum atomic E-state index is 0.103. The molecular formula is C45H44ClN3O. The van der Waals surface area contributed by atoms with Crippen molar-refractivity contribution in [2.45, 2.75) is 66.2 Å². The molecule has 1 N–H and O–H groups in total. The number of nitrogens with one attached hydrogen (secondary N) is 1. The van der Waals surface area contributed by atoms with Crippen LogP contribution in [0.2, 0.25) is 5.28 Å². The number of rotatable bonds is 2. The molecule has 0 spiro atoms. The molecule has 5 heteroatoms. The first-order valence-electron chi connectivity index (χ1n) is 17.5. The molecule has 3 heterocycles. The van der Waals surface area contributed by atoms with Gasteiger partial charge in [-0.1, -0.05) is 140 Å². The smallest absolute Gasteiger partial charge is 0.223 e. The highest BCUT2D eigenvalue weighted by atomic mass is 35.5. The normalized spacial score (nSPS) is 15.4. The Labute approximate surface area is 299 Å². The third-order valence-corrected chi connectivity index (χ3v) is 11.7. The van der Waals surface area contributed by atoms with Crippen LogP contribution in [0.15, 0.2) is 120 Å². The predicted octanol–water partition coefficient (Wildman–Crippen LogP) is 13.3. The third kappa shape index (κ3) is 5.20. The molecule has 0 saturated carbocycles. The number of aromatic amines is 1. The van der Waals surface area contributed by atoms with Crippen LogP contribution in [0.5, 0.6) is 0 Å². The second-order valence-corrected chi connectivity index (χ2v) is 14.9. The van der Waals surface area contributed by atoms with Gasteiger partial charge in [-0.25, -0.2) is 9.97 Å². The molecule has 0 atom stereocenters. The molecular weight excluding hydrogens is 634 g/mol. The van der Waals surface area contributed by atoms with Crippen molar-refractivity contribution in [3.8, 4) is 22.5 Å². The van der Waals surface area contributed by atoms with E-state index in [1.54, 1.807) is 0 Å². The standard InChI is InChI=1S/C27H27NO.C16H11ClN2.C2H6/c1-25(2)19-13-18-16-11-12-17-15-9-7-8-10-22(15)29-24(17)23(16)28-21(18)14-20(19)26(3,4)27(25,5)6;17-16-18-14(12-7-3-1-4-8-12)11-15(19-16)13-9-5-2-6-10-13;1-2/h7-14,28H,1-6H3;1-11H;1-2H3. The molecule has 252 valence electrons. The quantitative estimate of drug-likeness (QED) is 0.185. The number of furan rings is 1. The highest BCUT2D eigenvalue weighted by molar-refractivity contribution is 6.28. The molecule has 0 saturated heterocycles. The lowest BCUT2D eigenvalue weighted by Gasteiger charge is -2.44. The van der Waals surface area contributed by atoms with Crippen LogP contribution in [-0.2, 0) is 10.8 Å². The summed E-state index contributed by atoms with van der Waals surface area (Å²) in [5.74, 6) is 0. The molecule has 9 rings (SSSR count). The van der Waals surface area contributed by atoms with E-state index in [4.69, 9.17) is 16.0 Å². The average molecular weight is 678 g/mol. The topological polar surface area (TPSA) is 54.7 Å². The second-order valence-electron chi connectivity index (χ2n) is 14.5. The molecule has 0 amide bonds. The lowest BCUT2D eigenvalue weighted by Crippen LogP contribution is -2.42. The number of fused-ring (bicyclic) bond motifs is 8. The van der Waals surface area contributed by atoms with Gasteiger partial charge in [0.25, 0.3) is 0 Å². The van der Waals surface area contributed by atoms with Crippen molar-refractivity contribution in [2.24, 2.45) is 5.41 Å². The molecule has 8 aromatic rings. The van der Waals surface area contributed by atoms with E-state index in [1.165, 1.54) is 38.2 Å². The number of nitrogens with zero attached hydrogens (tertiary/aromatic N) is 2. The van der Waals surface area contributed by atoms with Crippen LogP contribution >= 0.6 is 11.6 Å². The number of hydrogen-bond acceptors (Lipinski definition) is 3. The summed E-state index contributed by atoms with van der Waals surface area (Å²) >= 11 is 6.03. The fourth-order valence-corrected chi connectivity index (χ4v) is 7.80. The van der Waals surface area contributed by atoms with Gasteiger partial charge in [-0.2, -0.15) is 0 Å². The van der Waals surface area contributed by atoms with E-state index in [2.05, 4.69) is 92.9 Å². The number of benzene rings is 5. The van der Waals surface area contributed by atoms with Gasteiger partial charge in [-0.15, -0.1) is 0 Å². The van der Waals surface area contributed by atoms with Gasteiger partial charge in [0.2, 0.25) is 5.28 Å². The average Bonchev–Trinajstić information content (AvgIpc) is 3.73. The van der Waals surface area contributed by atoms with Crippen LogP contribution in [0.3, 0.4) is 0 Å². The maximum atomic E-state index is 6.28. The molecule has 0 bridgehead atoms. The summed E-state index contributed by atoms with van der Waals surface area (Å²) < 4.78 is 6.28.